The van der Waals surface area contributed by atoms with E-state index in [1.165, 1.54) is 10.5 Å². The molecule has 3 rings (SSSR count). The number of hydrogen-bond acceptors (Lipinski definition) is 3. The van der Waals surface area contributed by atoms with Gasteiger partial charge in [0.2, 0.25) is 0 Å². The van der Waals surface area contributed by atoms with Gasteiger partial charge in [-0.05, 0) is 29.5 Å². The second-order valence-corrected chi connectivity index (χ2v) is 8.14. The number of aromatic nitrogens is 1. The molecule has 0 radical (unpaired) electrons. The van der Waals surface area contributed by atoms with E-state index in [2.05, 4.69) is 18.8 Å². The summed E-state index contributed by atoms with van der Waals surface area (Å²) >= 11 is 0. The Morgan fingerprint density at radius 3 is 2.65 bits per heavy atom. The molecule has 7 heteroatoms. The van der Waals surface area contributed by atoms with E-state index in [9.17, 15) is 13.2 Å². The van der Waals surface area contributed by atoms with Crippen molar-refractivity contribution in [3.05, 3.63) is 47.8 Å². The van der Waals surface area contributed by atoms with Crippen molar-refractivity contribution in [1.82, 2.24) is 4.98 Å². The Bertz CT molecular complexity index is 868. The maximum absolute atomic E-state index is 12.9. The lowest BCUT2D eigenvalue weighted by atomic mass is 9.78. The Hall–Kier alpha value is -2.28. The van der Waals surface area contributed by atoms with Gasteiger partial charge in [0, 0.05) is 12.7 Å². The first kappa shape index (κ1) is 15.6. The predicted molar refractivity (Wildman–Crippen MR) is 86.4 cm³/mol. The van der Waals surface area contributed by atoms with Crippen molar-refractivity contribution in [2.75, 3.05) is 10.8 Å². The minimum Gasteiger partial charge on any atom is -0.477 e. The van der Waals surface area contributed by atoms with Crippen molar-refractivity contribution in [3.8, 4) is 0 Å². The standard InChI is InChI=1S/C16H18N2O4S/c1-16(2)7-8-18(14-6-4-3-5-12(14)16)23(21,22)11-9-13(15(19)20)17-10-11/h3-6,9-10,17H,7-8H2,1-2H3,(H,19,20). The normalized spacial score (nSPS) is 16.9. The number of sulfonamides is 1. The van der Waals surface area contributed by atoms with E-state index < -0.39 is 16.0 Å². The van der Waals surface area contributed by atoms with Crippen LogP contribution in [0.3, 0.4) is 0 Å². The van der Waals surface area contributed by atoms with Gasteiger partial charge in [-0.15, -0.1) is 0 Å². The summed E-state index contributed by atoms with van der Waals surface area (Å²) in [6, 6.07) is 8.59. The van der Waals surface area contributed by atoms with Gasteiger partial charge in [-0.2, -0.15) is 0 Å². The molecule has 0 atom stereocenters. The number of carboxylic acids is 1. The van der Waals surface area contributed by atoms with E-state index in [-0.39, 0.29) is 16.0 Å². The average molecular weight is 334 g/mol. The van der Waals surface area contributed by atoms with Crippen LogP contribution in [0.5, 0.6) is 0 Å². The number of nitrogens with zero attached hydrogens (tertiary/aromatic N) is 1. The Morgan fingerprint density at radius 1 is 1.30 bits per heavy atom. The largest absolute Gasteiger partial charge is 0.477 e. The van der Waals surface area contributed by atoms with Gasteiger partial charge in [0.1, 0.15) is 10.6 Å². The van der Waals surface area contributed by atoms with Gasteiger partial charge >= 0.3 is 5.97 Å². The molecule has 1 aromatic heterocycles. The zero-order chi connectivity index (χ0) is 16.8. The number of carboxylic acid groups (broad SMARTS) is 1. The number of para-hydroxylation sites is 1. The molecule has 2 N–H and O–H groups in total. The highest BCUT2D eigenvalue weighted by Crippen LogP contribution is 2.41. The number of benzene rings is 1. The van der Waals surface area contributed by atoms with Gasteiger partial charge in [-0.1, -0.05) is 32.0 Å². The van der Waals surface area contributed by atoms with E-state index in [1.807, 2.05) is 18.2 Å². The van der Waals surface area contributed by atoms with E-state index in [1.54, 1.807) is 6.07 Å². The number of hydrogen-bond donors (Lipinski definition) is 2. The van der Waals surface area contributed by atoms with Crippen molar-refractivity contribution in [3.63, 3.8) is 0 Å². The van der Waals surface area contributed by atoms with Crippen LogP contribution in [-0.4, -0.2) is 31.0 Å². The van der Waals surface area contributed by atoms with E-state index in [0.717, 1.165) is 11.6 Å². The second-order valence-electron chi connectivity index (χ2n) is 6.28. The Labute approximate surface area is 134 Å². The van der Waals surface area contributed by atoms with Gasteiger partial charge in [0.05, 0.1) is 5.69 Å². The minimum absolute atomic E-state index is 0.0376. The van der Waals surface area contributed by atoms with Crippen LogP contribution in [0.15, 0.2) is 41.4 Å². The van der Waals surface area contributed by atoms with Crippen LogP contribution in [0.4, 0.5) is 5.69 Å². The smallest absolute Gasteiger partial charge is 0.352 e. The Kier molecular flexibility index (Phi) is 3.48. The van der Waals surface area contributed by atoms with Crippen molar-refractivity contribution < 1.29 is 18.3 Å². The first-order chi connectivity index (χ1) is 10.7. The van der Waals surface area contributed by atoms with E-state index in [4.69, 9.17) is 5.11 Å². The number of aromatic carboxylic acids is 1. The predicted octanol–water partition coefficient (Wildman–Crippen LogP) is 2.59. The van der Waals surface area contributed by atoms with Gasteiger partial charge in [0.25, 0.3) is 10.0 Å². The van der Waals surface area contributed by atoms with Crippen LogP contribution in [0, 0.1) is 0 Å². The van der Waals surface area contributed by atoms with Crippen molar-refractivity contribution in [1.29, 1.82) is 0 Å². The van der Waals surface area contributed by atoms with Crippen LogP contribution in [0.1, 0.15) is 36.3 Å². The molecule has 23 heavy (non-hydrogen) atoms. The van der Waals surface area contributed by atoms with Gasteiger partial charge in [-0.3, -0.25) is 4.31 Å². The summed E-state index contributed by atoms with van der Waals surface area (Å²) in [6.07, 6.45) is 1.92. The van der Waals surface area contributed by atoms with Crippen LogP contribution in [0.2, 0.25) is 0 Å². The van der Waals surface area contributed by atoms with Crippen LogP contribution < -0.4 is 4.31 Å². The molecular formula is C16H18N2O4S. The molecule has 0 spiro atoms. The lowest BCUT2D eigenvalue weighted by Gasteiger charge is -2.39. The first-order valence-electron chi connectivity index (χ1n) is 7.27. The topological polar surface area (TPSA) is 90.5 Å². The Morgan fingerprint density at radius 2 is 2.00 bits per heavy atom. The second kappa shape index (κ2) is 5.13. The zero-order valence-corrected chi connectivity index (χ0v) is 13.7. The van der Waals surface area contributed by atoms with Crippen LogP contribution >= 0.6 is 0 Å². The molecular weight excluding hydrogens is 316 g/mol. The third-order valence-electron chi connectivity index (χ3n) is 4.32. The summed E-state index contributed by atoms with van der Waals surface area (Å²) in [5, 5.41) is 8.96. The highest BCUT2D eigenvalue weighted by Gasteiger charge is 2.37. The molecule has 2 aromatic rings. The van der Waals surface area contributed by atoms with Crippen molar-refractivity contribution >= 4 is 21.7 Å². The van der Waals surface area contributed by atoms with E-state index >= 15 is 0 Å². The third-order valence-corrected chi connectivity index (χ3v) is 6.11. The molecule has 0 saturated carbocycles. The third kappa shape index (κ3) is 2.50. The molecule has 1 aromatic carbocycles. The molecule has 0 bridgehead atoms. The number of fused-ring (bicyclic) bond motifs is 1. The zero-order valence-electron chi connectivity index (χ0n) is 12.9. The fourth-order valence-electron chi connectivity index (χ4n) is 2.92. The summed E-state index contributed by atoms with van der Waals surface area (Å²) in [5.41, 5.74) is 1.38. The molecule has 0 fully saturated rings. The lowest BCUT2D eigenvalue weighted by Crippen LogP contribution is -2.40. The molecule has 1 aliphatic heterocycles. The molecule has 2 heterocycles. The fourth-order valence-corrected chi connectivity index (χ4v) is 4.40. The summed E-state index contributed by atoms with van der Waals surface area (Å²) in [5.74, 6) is -1.19. The molecule has 0 amide bonds. The van der Waals surface area contributed by atoms with Crippen molar-refractivity contribution in [2.24, 2.45) is 0 Å². The molecule has 0 unspecified atom stereocenters. The van der Waals surface area contributed by atoms with Gasteiger partial charge < -0.3 is 10.1 Å². The molecule has 0 aliphatic carbocycles. The number of H-pyrrole nitrogens is 1. The maximum Gasteiger partial charge on any atom is 0.352 e. The summed E-state index contributed by atoms with van der Waals surface area (Å²) < 4.78 is 27.2. The number of nitrogens with one attached hydrogen (secondary N) is 1. The summed E-state index contributed by atoms with van der Waals surface area (Å²) in [7, 11) is -3.80. The lowest BCUT2D eigenvalue weighted by molar-refractivity contribution is 0.0691. The molecule has 1 aliphatic rings. The number of aromatic amines is 1. The molecule has 6 nitrogen and oxygen atoms in total. The monoisotopic (exact) mass is 334 g/mol. The quantitative estimate of drug-likeness (QED) is 0.902. The molecule has 0 saturated heterocycles. The fraction of sp³-hybridized carbons (Fsp3) is 0.312. The number of carbonyl (C=O) groups is 1. The molecule has 122 valence electrons. The average Bonchev–Trinajstić information content (AvgIpc) is 2.98. The van der Waals surface area contributed by atoms with Gasteiger partial charge in [0.15, 0.2) is 0 Å². The van der Waals surface area contributed by atoms with Crippen molar-refractivity contribution in [2.45, 2.75) is 30.6 Å². The number of rotatable bonds is 3. The van der Waals surface area contributed by atoms with Crippen LogP contribution in [-0.2, 0) is 15.4 Å². The highest BCUT2D eigenvalue weighted by molar-refractivity contribution is 7.92. The first-order valence-corrected chi connectivity index (χ1v) is 8.71. The SMILES string of the molecule is CC1(C)CCN(S(=O)(=O)c2c[nH]c(C(=O)O)c2)c2ccccc21. The maximum atomic E-state index is 12.9. The summed E-state index contributed by atoms with van der Waals surface area (Å²) in [6.45, 7) is 4.54. The Balaban J connectivity index is 2.09. The minimum atomic E-state index is -3.80. The summed E-state index contributed by atoms with van der Waals surface area (Å²) in [4.78, 5) is 13.4. The number of anilines is 1. The van der Waals surface area contributed by atoms with E-state index in [0.29, 0.717) is 18.7 Å². The highest BCUT2D eigenvalue weighted by atomic mass is 32.2. The van der Waals surface area contributed by atoms with Crippen LogP contribution in [0.25, 0.3) is 0 Å². The van der Waals surface area contributed by atoms with Gasteiger partial charge in [-0.25, -0.2) is 13.2 Å².